The molecule has 0 bridgehead atoms. The van der Waals surface area contributed by atoms with Gasteiger partial charge in [-0.25, -0.2) is 4.79 Å². The molecule has 0 atom stereocenters. The molecule has 0 saturated carbocycles. The molecule has 1 N–H and O–H groups in total. The molecule has 8 heteroatoms. The summed E-state index contributed by atoms with van der Waals surface area (Å²) in [6.07, 6.45) is 0. The zero-order valence-corrected chi connectivity index (χ0v) is 14.1. The van der Waals surface area contributed by atoms with Crippen molar-refractivity contribution in [1.29, 1.82) is 0 Å². The smallest absolute Gasteiger partial charge is 0.321 e. The lowest BCUT2D eigenvalue weighted by atomic mass is 10.3. The molecule has 0 aliphatic carbocycles. The second-order valence-corrected chi connectivity index (χ2v) is 6.14. The number of anilines is 2. The minimum Gasteiger partial charge on any atom is -0.360 e. The predicted octanol–water partition coefficient (Wildman–Crippen LogP) is 3.64. The van der Waals surface area contributed by atoms with Crippen molar-refractivity contribution in [1.82, 2.24) is 10.1 Å². The van der Waals surface area contributed by atoms with Crippen molar-refractivity contribution in [3.63, 3.8) is 0 Å². The van der Waals surface area contributed by atoms with E-state index in [4.69, 9.17) is 27.7 Å². The van der Waals surface area contributed by atoms with Crippen LogP contribution in [0.4, 0.5) is 16.3 Å². The topological polar surface area (TPSA) is 61.6 Å². The maximum atomic E-state index is 12.3. The Morgan fingerprint density at radius 1 is 1.17 bits per heavy atom. The molecule has 1 aliphatic heterocycles. The van der Waals surface area contributed by atoms with Crippen molar-refractivity contribution >= 4 is 40.7 Å². The van der Waals surface area contributed by atoms with Crippen LogP contribution in [-0.4, -0.2) is 42.3 Å². The second kappa shape index (κ2) is 6.68. The Kier molecular flexibility index (Phi) is 4.63. The Bertz CT molecular complexity index is 711. The Labute approximate surface area is 143 Å². The number of rotatable bonds is 2. The van der Waals surface area contributed by atoms with E-state index in [2.05, 4.69) is 15.4 Å². The number of hydrogen-bond donors (Lipinski definition) is 1. The Hall–Kier alpha value is -1.92. The number of nitrogens with zero attached hydrogens (tertiary/aromatic N) is 3. The van der Waals surface area contributed by atoms with E-state index in [1.807, 2.05) is 13.0 Å². The van der Waals surface area contributed by atoms with E-state index in [1.165, 1.54) is 0 Å². The van der Waals surface area contributed by atoms with Gasteiger partial charge in [-0.05, 0) is 25.1 Å². The molecule has 1 aromatic carbocycles. The molecule has 1 aromatic heterocycles. The van der Waals surface area contributed by atoms with Gasteiger partial charge in [0.1, 0.15) is 5.76 Å². The van der Waals surface area contributed by atoms with E-state index in [-0.39, 0.29) is 6.03 Å². The number of aromatic nitrogens is 1. The molecule has 3 rings (SSSR count). The first-order chi connectivity index (χ1) is 11.0. The van der Waals surface area contributed by atoms with Crippen LogP contribution >= 0.6 is 23.2 Å². The van der Waals surface area contributed by atoms with Crippen LogP contribution in [0, 0.1) is 6.92 Å². The molecule has 1 saturated heterocycles. The van der Waals surface area contributed by atoms with Crippen LogP contribution in [0.1, 0.15) is 5.76 Å². The highest BCUT2D eigenvalue weighted by atomic mass is 35.5. The monoisotopic (exact) mass is 354 g/mol. The molecule has 0 unspecified atom stereocenters. The third-order valence-corrected chi connectivity index (χ3v) is 4.42. The first-order valence-corrected chi connectivity index (χ1v) is 7.98. The van der Waals surface area contributed by atoms with Gasteiger partial charge in [-0.1, -0.05) is 28.4 Å². The van der Waals surface area contributed by atoms with Crippen LogP contribution in [0.2, 0.25) is 10.0 Å². The first-order valence-electron chi connectivity index (χ1n) is 7.22. The van der Waals surface area contributed by atoms with Gasteiger partial charge in [0, 0.05) is 37.9 Å². The fourth-order valence-electron chi connectivity index (χ4n) is 2.42. The highest BCUT2D eigenvalue weighted by Gasteiger charge is 2.23. The lowest BCUT2D eigenvalue weighted by Crippen LogP contribution is -2.50. The Morgan fingerprint density at radius 3 is 2.52 bits per heavy atom. The molecule has 2 amide bonds. The van der Waals surface area contributed by atoms with Gasteiger partial charge < -0.3 is 19.6 Å². The van der Waals surface area contributed by atoms with Crippen molar-refractivity contribution in [3.8, 4) is 0 Å². The third kappa shape index (κ3) is 3.71. The van der Waals surface area contributed by atoms with E-state index in [0.29, 0.717) is 41.9 Å². The normalized spacial score (nSPS) is 14.9. The maximum Gasteiger partial charge on any atom is 0.321 e. The Balaban J connectivity index is 1.56. The fraction of sp³-hybridized carbons (Fsp3) is 0.333. The summed E-state index contributed by atoms with van der Waals surface area (Å²) in [6, 6.07) is 6.76. The minimum atomic E-state index is -0.153. The molecular formula is C15H16Cl2N4O2. The second-order valence-electron chi connectivity index (χ2n) is 5.33. The fourth-order valence-corrected chi connectivity index (χ4v) is 2.72. The number of halogens is 2. The number of carbonyl (C=O) groups is 1. The molecule has 23 heavy (non-hydrogen) atoms. The zero-order valence-electron chi connectivity index (χ0n) is 12.6. The largest absolute Gasteiger partial charge is 0.360 e. The standard InChI is InChI=1S/C15H16Cl2N4O2/c1-10-8-14(19-23-10)20-4-6-21(7-5-20)15(22)18-11-2-3-12(16)13(17)9-11/h2-3,8-9H,4-7H2,1H3,(H,18,22). The summed E-state index contributed by atoms with van der Waals surface area (Å²) in [7, 11) is 0. The molecular weight excluding hydrogens is 339 g/mol. The van der Waals surface area contributed by atoms with Gasteiger partial charge >= 0.3 is 6.03 Å². The maximum absolute atomic E-state index is 12.3. The molecule has 6 nitrogen and oxygen atoms in total. The van der Waals surface area contributed by atoms with E-state index in [1.54, 1.807) is 23.1 Å². The molecule has 0 spiro atoms. The molecule has 122 valence electrons. The highest BCUT2D eigenvalue weighted by Crippen LogP contribution is 2.25. The number of amides is 2. The quantitative estimate of drug-likeness (QED) is 0.893. The average molecular weight is 355 g/mol. The van der Waals surface area contributed by atoms with Crippen LogP contribution in [0.25, 0.3) is 0 Å². The van der Waals surface area contributed by atoms with Gasteiger partial charge in [0.05, 0.1) is 10.0 Å². The lowest BCUT2D eigenvalue weighted by Gasteiger charge is -2.34. The SMILES string of the molecule is Cc1cc(N2CCN(C(=O)Nc3ccc(Cl)c(Cl)c3)CC2)no1. The van der Waals surface area contributed by atoms with Gasteiger partial charge in [0.15, 0.2) is 5.82 Å². The lowest BCUT2D eigenvalue weighted by molar-refractivity contribution is 0.208. The van der Waals surface area contributed by atoms with Crippen molar-refractivity contribution in [2.45, 2.75) is 6.92 Å². The van der Waals surface area contributed by atoms with Gasteiger partial charge in [-0.2, -0.15) is 0 Å². The van der Waals surface area contributed by atoms with Crippen LogP contribution in [0.3, 0.4) is 0 Å². The van der Waals surface area contributed by atoms with E-state index < -0.39 is 0 Å². The third-order valence-electron chi connectivity index (χ3n) is 3.68. The molecule has 2 heterocycles. The summed E-state index contributed by atoms with van der Waals surface area (Å²) in [4.78, 5) is 16.1. The molecule has 1 fully saturated rings. The van der Waals surface area contributed by atoms with Crippen molar-refractivity contribution in [2.24, 2.45) is 0 Å². The number of carbonyl (C=O) groups excluding carboxylic acids is 1. The van der Waals surface area contributed by atoms with Crippen molar-refractivity contribution in [2.75, 3.05) is 36.4 Å². The van der Waals surface area contributed by atoms with Gasteiger partial charge in [-0.3, -0.25) is 0 Å². The summed E-state index contributed by atoms with van der Waals surface area (Å²) in [6.45, 7) is 4.50. The minimum absolute atomic E-state index is 0.153. The summed E-state index contributed by atoms with van der Waals surface area (Å²) < 4.78 is 5.08. The van der Waals surface area contributed by atoms with E-state index in [0.717, 1.165) is 11.6 Å². The summed E-state index contributed by atoms with van der Waals surface area (Å²) in [5.74, 6) is 1.59. The van der Waals surface area contributed by atoms with Crippen LogP contribution in [-0.2, 0) is 0 Å². The number of piperazine rings is 1. The summed E-state index contributed by atoms with van der Waals surface area (Å²) in [5, 5.41) is 7.70. The van der Waals surface area contributed by atoms with Crippen molar-refractivity contribution < 1.29 is 9.32 Å². The first kappa shape index (κ1) is 16.0. The van der Waals surface area contributed by atoms with E-state index in [9.17, 15) is 4.79 Å². The predicted molar refractivity (Wildman–Crippen MR) is 90.5 cm³/mol. The average Bonchev–Trinajstić information content (AvgIpc) is 2.97. The molecule has 0 radical (unpaired) electrons. The van der Waals surface area contributed by atoms with Crippen LogP contribution in [0.15, 0.2) is 28.8 Å². The van der Waals surface area contributed by atoms with Gasteiger partial charge in [0.25, 0.3) is 0 Å². The van der Waals surface area contributed by atoms with Crippen molar-refractivity contribution in [3.05, 3.63) is 40.1 Å². The number of hydrogen-bond acceptors (Lipinski definition) is 4. The summed E-state index contributed by atoms with van der Waals surface area (Å²) in [5.41, 5.74) is 0.624. The number of aryl methyl sites for hydroxylation is 1. The van der Waals surface area contributed by atoms with Crippen LogP contribution < -0.4 is 10.2 Å². The molecule has 2 aromatic rings. The number of nitrogens with one attached hydrogen (secondary N) is 1. The Morgan fingerprint density at radius 2 is 1.91 bits per heavy atom. The highest BCUT2D eigenvalue weighted by molar-refractivity contribution is 6.42. The number of benzene rings is 1. The molecule has 1 aliphatic rings. The van der Waals surface area contributed by atoms with Gasteiger partial charge in [-0.15, -0.1) is 0 Å². The van der Waals surface area contributed by atoms with Gasteiger partial charge in [0.2, 0.25) is 0 Å². The number of urea groups is 1. The van der Waals surface area contributed by atoms with Crippen LogP contribution in [0.5, 0.6) is 0 Å². The summed E-state index contributed by atoms with van der Waals surface area (Å²) >= 11 is 11.8. The van der Waals surface area contributed by atoms with E-state index >= 15 is 0 Å². The zero-order chi connectivity index (χ0) is 16.4.